The molecular formula is C21H18ClNO4S. The molecular weight excluding hydrogens is 398 g/mol. The predicted octanol–water partition coefficient (Wildman–Crippen LogP) is 4.75. The number of ether oxygens (including phenoxy) is 1. The summed E-state index contributed by atoms with van der Waals surface area (Å²) < 4.78 is 5.24. The number of benzene rings is 1. The number of halogens is 1. The average Bonchev–Trinajstić information content (AvgIpc) is 3.08. The average molecular weight is 416 g/mol. The van der Waals surface area contributed by atoms with Gasteiger partial charge in [-0.2, -0.15) is 0 Å². The lowest BCUT2D eigenvalue weighted by Crippen LogP contribution is -2.24. The topological polar surface area (TPSA) is 72.5 Å². The second-order valence-corrected chi connectivity index (χ2v) is 8.14. The molecule has 7 heteroatoms. The zero-order valence-corrected chi connectivity index (χ0v) is 16.8. The molecule has 1 heterocycles. The van der Waals surface area contributed by atoms with Crippen LogP contribution >= 0.6 is 22.9 Å². The van der Waals surface area contributed by atoms with Crippen molar-refractivity contribution < 1.29 is 19.1 Å². The minimum absolute atomic E-state index is 0.00881. The zero-order valence-electron chi connectivity index (χ0n) is 15.3. The van der Waals surface area contributed by atoms with Gasteiger partial charge in [0, 0.05) is 16.0 Å². The van der Waals surface area contributed by atoms with Crippen LogP contribution in [0.2, 0.25) is 0 Å². The minimum atomic E-state index is -0.420. The van der Waals surface area contributed by atoms with Crippen molar-refractivity contribution in [1.82, 2.24) is 0 Å². The molecule has 0 radical (unpaired) electrons. The molecule has 2 aliphatic carbocycles. The third kappa shape index (κ3) is 3.06. The molecule has 0 fully saturated rings. The monoisotopic (exact) mass is 415 g/mol. The lowest BCUT2D eigenvalue weighted by atomic mass is 9.92. The van der Waals surface area contributed by atoms with E-state index in [1.807, 2.05) is 0 Å². The summed E-state index contributed by atoms with van der Waals surface area (Å²) in [5.74, 6) is -1.18. The van der Waals surface area contributed by atoms with Gasteiger partial charge in [0.25, 0.3) is 0 Å². The molecule has 0 aliphatic heterocycles. The molecule has 0 saturated heterocycles. The first-order chi connectivity index (χ1) is 13.5. The number of fused-ring (bicyclic) bond motifs is 2. The quantitative estimate of drug-likeness (QED) is 0.730. The minimum Gasteiger partial charge on any atom is -0.462 e. The number of hydrogen-bond donors (Lipinski definition) is 1. The van der Waals surface area contributed by atoms with E-state index in [9.17, 15) is 14.4 Å². The fraction of sp³-hybridized carbons (Fsp3) is 0.286. The third-order valence-corrected chi connectivity index (χ3v) is 6.52. The highest BCUT2D eigenvalue weighted by Gasteiger charge is 2.34. The summed E-state index contributed by atoms with van der Waals surface area (Å²) in [5, 5.41) is 3.36. The van der Waals surface area contributed by atoms with Crippen molar-refractivity contribution in [2.45, 2.75) is 32.6 Å². The Hall–Kier alpha value is -2.44. The van der Waals surface area contributed by atoms with Gasteiger partial charge in [0.2, 0.25) is 11.6 Å². The maximum atomic E-state index is 13.0. The number of hydrogen-bond acceptors (Lipinski definition) is 6. The molecule has 2 aliphatic rings. The number of ketones is 2. The number of Topliss-reactive ketones (excluding diaryl/α,β-unsaturated/α-hetero) is 2. The Morgan fingerprint density at radius 2 is 1.82 bits per heavy atom. The van der Waals surface area contributed by atoms with E-state index in [1.165, 1.54) is 11.3 Å². The highest BCUT2D eigenvalue weighted by molar-refractivity contribution is 7.16. The van der Waals surface area contributed by atoms with Gasteiger partial charge in [0.15, 0.2) is 0 Å². The molecule has 1 aromatic heterocycles. The Balaban J connectivity index is 1.78. The number of thiophene rings is 1. The SMILES string of the molecule is CCOC(=O)c1c(NC2=C(Cl)C(=O)c3ccccc3C2=O)sc2c1CCCC2. The maximum absolute atomic E-state index is 13.0. The van der Waals surface area contributed by atoms with E-state index in [0.717, 1.165) is 36.1 Å². The number of esters is 1. The summed E-state index contributed by atoms with van der Waals surface area (Å²) in [7, 11) is 0. The number of rotatable bonds is 4. The molecule has 0 spiro atoms. The molecule has 28 heavy (non-hydrogen) atoms. The molecule has 5 nitrogen and oxygen atoms in total. The zero-order chi connectivity index (χ0) is 19.8. The maximum Gasteiger partial charge on any atom is 0.341 e. The van der Waals surface area contributed by atoms with E-state index < -0.39 is 11.8 Å². The van der Waals surface area contributed by atoms with Crippen molar-refractivity contribution in [2.24, 2.45) is 0 Å². The van der Waals surface area contributed by atoms with Crippen molar-refractivity contribution >= 4 is 45.5 Å². The van der Waals surface area contributed by atoms with Gasteiger partial charge in [0.05, 0.1) is 12.2 Å². The van der Waals surface area contributed by atoms with Gasteiger partial charge < -0.3 is 10.1 Å². The number of anilines is 1. The molecule has 1 N–H and O–H groups in total. The van der Waals surface area contributed by atoms with Crippen molar-refractivity contribution in [3.63, 3.8) is 0 Å². The van der Waals surface area contributed by atoms with E-state index in [2.05, 4.69) is 5.32 Å². The fourth-order valence-corrected chi connectivity index (χ4v) is 5.16. The smallest absolute Gasteiger partial charge is 0.341 e. The molecule has 144 valence electrons. The molecule has 0 atom stereocenters. The van der Waals surface area contributed by atoms with Crippen molar-refractivity contribution in [3.05, 3.63) is 62.1 Å². The Kier molecular flexibility index (Phi) is 5.08. The third-order valence-electron chi connectivity index (χ3n) is 4.95. The van der Waals surface area contributed by atoms with Crippen LogP contribution < -0.4 is 5.32 Å². The van der Waals surface area contributed by atoms with E-state index in [1.54, 1.807) is 31.2 Å². The fourth-order valence-electron chi connectivity index (χ4n) is 3.64. The van der Waals surface area contributed by atoms with Gasteiger partial charge in [-0.25, -0.2) is 4.79 Å². The van der Waals surface area contributed by atoms with Crippen LogP contribution in [0.1, 0.15) is 61.3 Å². The molecule has 0 saturated carbocycles. The van der Waals surface area contributed by atoms with Gasteiger partial charge in [-0.1, -0.05) is 35.9 Å². The molecule has 0 amide bonds. The van der Waals surface area contributed by atoms with Gasteiger partial charge in [-0.3, -0.25) is 9.59 Å². The highest BCUT2D eigenvalue weighted by atomic mass is 35.5. The van der Waals surface area contributed by atoms with E-state index in [0.29, 0.717) is 21.7 Å². The lowest BCUT2D eigenvalue weighted by molar-refractivity contribution is 0.0526. The largest absolute Gasteiger partial charge is 0.462 e. The van der Waals surface area contributed by atoms with Crippen LogP contribution in [0.3, 0.4) is 0 Å². The Bertz CT molecular complexity index is 1040. The number of carbonyl (C=O) groups is 3. The van der Waals surface area contributed by atoms with Crippen LogP contribution in [0.15, 0.2) is 35.0 Å². The van der Waals surface area contributed by atoms with Crippen LogP contribution in [-0.4, -0.2) is 24.1 Å². The standard InChI is InChI=1S/C21H18ClNO4S/c1-2-27-21(26)15-13-9-5-6-10-14(13)28-20(15)23-17-16(22)18(24)11-7-3-4-8-12(11)19(17)25/h3-4,7-8,23H,2,5-6,9-10H2,1H3. The van der Waals surface area contributed by atoms with Crippen LogP contribution in [0, 0.1) is 0 Å². The van der Waals surface area contributed by atoms with Crippen LogP contribution in [0.5, 0.6) is 0 Å². The van der Waals surface area contributed by atoms with Gasteiger partial charge >= 0.3 is 5.97 Å². The first-order valence-corrected chi connectivity index (χ1v) is 10.4. The Morgan fingerprint density at radius 3 is 2.54 bits per heavy atom. The van der Waals surface area contributed by atoms with E-state index in [-0.39, 0.29) is 23.1 Å². The number of nitrogens with one attached hydrogen (secondary N) is 1. The molecule has 1 aromatic carbocycles. The van der Waals surface area contributed by atoms with E-state index in [4.69, 9.17) is 16.3 Å². The van der Waals surface area contributed by atoms with Crippen molar-refractivity contribution in [1.29, 1.82) is 0 Å². The van der Waals surface area contributed by atoms with Gasteiger partial charge in [-0.15, -0.1) is 11.3 Å². The molecule has 0 bridgehead atoms. The Labute approximate surface area is 171 Å². The van der Waals surface area contributed by atoms with Gasteiger partial charge in [0.1, 0.15) is 15.7 Å². The van der Waals surface area contributed by atoms with E-state index >= 15 is 0 Å². The molecule has 0 unspecified atom stereocenters. The summed E-state index contributed by atoms with van der Waals surface area (Å²) in [6.45, 7) is 2.01. The number of allylic oxidation sites excluding steroid dienone is 2. The first-order valence-electron chi connectivity index (χ1n) is 9.19. The van der Waals surface area contributed by atoms with Crippen molar-refractivity contribution in [3.8, 4) is 0 Å². The first kappa shape index (κ1) is 18.9. The summed E-state index contributed by atoms with van der Waals surface area (Å²) in [6, 6.07) is 6.59. The predicted molar refractivity (Wildman–Crippen MR) is 109 cm³/mol. The van der Waals surface area contributed by atoms with Crippen LogP contribution in [0.4, 0.5) is 5.00 Å². The molecule has 2 aromatic rings. The second kappa shape index (κ2) is 7.53. The normalized spacial score (nSPS) is 15.9. The summed E-state index contributed by atoms with van der Waals surface area (Å²) in [6.07, 6.45) is 3.74. The highest BCUT2D eigenvalue weighted by Crippen LogP contribution is 2.40. The second-order valence-electron chi connectivity index (χ2n) is 6.65. The number of aryl methyl sites for hydroxylation is 1. The Morgan fingerprint density at radius 1 is 1.14 bits per heavy atom. The van der Waals surface area contributed by atoms with Crippen molar-refractivity contribution in [2.75, 3.05) is 11.9 Å². The molecule has 4 rings (SSSR count). The van der Waals surface area contributed by atoms with Crippen LogP contribution in [0.25, 0.3) is 0 Å². The summed E-state index contributed by atoms with van der Waals surface area (Å²) in [4.78, 5) is 39.3. The lowest BCUT2D eigenvalue weighted by Gasteiger charge is -2.19. The number of carbonyl (C=O) groups excluding carboxylic acids is 3. The van der Waals surface area contributed by atoms with Gasteiger partial charge in [-0.05, 0) is 38.2 Å². The summed E-state index contributed by atoms with van der Waals surface area (Å²) >= 11 is 7.69. The summed E-state index contributed by atoms with van der Waals surface area (Å²) in [5.41, 5.74) is 2.04. The van der Waals surface area contributed by atoms with Crippen LogP contribution in [-0.2, 0) is 17.6 Å².